The van der Waals surface area contributed by atoms with E-state index in [1.54, 1.807) is 12.1 Å². The molecule has 1 aliphatic heterocycles. The van der Waals surface area contributed by atoms with Crippen molar-refractivity contribution in [1.29, 1.82) is 0 Å². The third-order valence-corrected chi connectivity index (χ3v) is 4.09. The Kier molecular flexibility index (Phi) is 4.83. The van der Waals surface area contributed by atoms with Crippen LogP contribution in [0.4, 0.5) is 4.39 Å². The molecule has 3 rings (SSSR count). The van der Waals surface area contributed by atoms with E-state index in [4.69, 9.17) is 4.74 Å². The van der Waals surface area contributed by atoms with E-state index >= 15 is 0 Å². The van der Waals surface area contributed by atoms with Crippen molar-refractivity contribution in [2.75, 3.05) is 26.3 Å². The summed E-state index contributed by atoms with van der Waals surface area (Å²) in [5.74, 6) is -0.293. The average molecular weight is 301 g/mol. The van der Waals surface area contributed by atoms with Crippen molar-refractivity contribution < 1.29 is 14.2 Å². The predicted octanol–water partition coefficient (Wildman–Crippen LogP) is 2.93. The Bertz CT molecular complexity index is 582. The van der Waals surface area contributed by atoms with Crippen LogP contribution in [0, 0.1) is 5.82 Å². The number of morpholine rings is 1. The van der Waals surface area contributed by atoms with Gasteiger partial charge in [0.1, 0.15) is 5.82 Å². The van der Waals surface area contributed by atoms with Gasteiger partial charge in [-0.3, -0.25) is 4.90 Å². The summed E-state index contributed by atoms with van der Waals surface area (Å²) < 4.78 is 18.5. The van der Waals surface area contributed by atoms with E-state index in [0.29, 0.717) is 13.2 Å². The molecule has 1 fully saturated rings. The van der Waals surface area contributed by atoms with Crippen LogP contribution in [-0.2, 0) is 4.74 Å². The standard InChI is InChI=1S/C18H20FNO2/c19-16-8-6-15(7-9-16)18(21)17(14-4-2-1-3-5-14)20-10-12-22-13-11-20/h1-9,17-18,21H,10-13H2/t17-,18-/m0/s1. The van der Waals surface area contributed by atoms with E-state index in [1.165, 1.54) is 12.1 Å². The maximum absolute atomic E-state index is 13.1. The Balaban J connectivity index is 1.91. The second-order valence-electron chi connectivity index (χ2n) is 5.50. The fourth-order valence-electron chi connectivity index (χ4n) is 2.94. The molecule has 1 heterocycles. The molecule has 1 aliphatic rings. The van der Waals surface area contributed by atoms with Gasteiger partial charge in [-0.1, -0.05) is 42.5 Å². The highest BCUT2D eigenvalue weighted by Gasteiger charge is 2.29. The fourth-order valence-corrected chi connectivity index (χ4v) is 2.94. The van der Waals surface area contributed by atoms with Gasteiger partial charge in [-0.05, 0) is 23.3 Å². The normalized spacial score (nSPS) is 18.8. The highest BCUT2D eigenvalue weighted by Crippen LogP contribution is 2.34. The fraction of sp³-hybridized carbons (Fsp3) is 0.333. The summed E-state index contributed by atoms with van der Waals surface area (Å²) in [5, 5.41) is 10.9. The third-order valence-electron chi connectivity index (χ3n) is 4.09. The largest absolute Gasteiger partial charge is 0.386 e. The molecule has 1 N–H and O–H groups in total. The lowest BCUT2D eigenvalue weighted by Gasteiger charge is -2.37. The molecule has 0 aromatic heterocycles. The monoisotopic (exact) mass is 301 g/mol. The topological polar surface area (TPSA) is 32.7 Å². The van der Waals surface area contributed by atoms with Crippen LogP contribution < -0.4 is 0 Å². The third kappa shape index (κ3) is 3.35. The smallest absolute Gasteiger partial charge is 0.123 e. The molecule has 3 nitrogen and oxygen atoms in total. The first-order chi connectivity index (χ1) is 10.8. The van der Waals surface area contributed by atoms with E-state index in [2.05, 4.69) is 4.90 Å². The number of hydrogen-bond acceptors (Lipinski definition) is 3. The van der Waals surface area contributed by atoms with Gasteiger partial charge in [0.2, 0.25) is 0 Å². The van der Waals surface area contributed by atoms with Gasteiger partial charge >= 0.3 is 0 Å². The Morgan fingerprint density at radius 2 is 1.55 bits per heavy atom. The number of nitrogens with zero attached hydrogens (tertiary/aromatic N) is 1. The molecule has 0 unspecified atom stereocenters. The van der Waals surface area contributed by atoms with Gasteiger partial charge in [-0.15, -0.1) is 0 Å². The Morgan fingerprint density at radius 1 is 0.909 bits per heavy atom. The predicted molar refractivity (Wildman–Crippen MR) is 82.9 cm³/mol. The number of benzene rings is 2. The number of hydrogen-bond donors (Lipinski definition) is 1. The van der Waals surface area contributed by atoms with Crippen LogP contribution in [-0.4, -0.2) is 36.3 Å². The Hall–Kier alpha value is -1.75. The first-order valence-corrected chi connectivity index (χ1v) is 7.56. The van der Waals surface area contributed by atoms with Gasteiger partial charge in [-0.2, -0.15) is 0 Å². The molecule has 116 valence electrons. The molecule has 0 saturated carbocycles. The van der Waals surface area contributed by atoms with Crippen molar-refractivity contribution in [1.82, 2.24) is 4.90 Å². The van der Waals surface area contributed by atoms with Crippen LogP contribution in [0.3, 0.4) is 0 Å². The Morgan fingerprint density at radius 3 is 2.18 bits per heavy atom. The van der Waals surface area contributed by atoms with Crippen molar-refractivity contribution in [2.45, 2.75) is 12.1 Å². The summed E-state index contributed by atoms with van der Waals surface area (Å²) in [4.78, 5) is 2.23. The molecule has 4 heteroatoms. The summed E-state index contributed by atoms with van der Waals surface area (Å²) in [6.45, 7) is 2.88. The molecule has 0 bridgehead atoms. The lowest BCUT2D eigenvalue weighted by Crippen LogP contribution is -2.41. The molecule has 0 amide bonds. The van der Waals surface area contributed by atoms with Gasteiger partial charge in [-0.25, -0.2) is 4.39 Å². The minimum Gasteiger partial charge on any atom is -0.386 e. The van der Waals surface area contributed by atoms with Gasteiger partial charge < -0.3 is 9.84 Å². The number of aliphatic hydroxyl groups excluding tert-OH is 1. The molecule has 1 saturated heterocycles. The first kappa shape index (κ1) is 15.2. The number of rotatable bonds is 4. The maximum Gasteiger partial charge on any atom is 0.123 e. The van der Waals surface area contributed by atoms with E-state index in [-0.39, 0.29) is 11.9 Å². The van der Waals surface area contributed by atoms with E-state index in [1.807, 2.05) is 30.3 Å². The molecule has 2 aromatic rings. The summed E-state index contributed by atoms with van der Waals surface area (Å²) in [7, 11) is 0. The zero-order valence-corrected chi connectivity index (χ0v) is 12.4. The average Bonchev–Trinajstić information content (AvgIpc) is 2.57. The highest BCUT2D eigenvalue weighted by atomic mass is 19.1. The van der Waals surface area contributed by atoms with E-state index < -0.39 is 6.10 Å². The van der Waals surface area contributed by atoms with Crippen LogP contribution in [0.15, 0.2) is 54.6 Å². The molecular weight excluding hydrogens is 281 g/mol. The summed E-state index contributed by atoms with van der Waals surface area (Å²) in [5.41, 5.74) is 1.78. The molecule has 2 aromatic carbocycles. The van der Waals surface area contributed by atoms with Crippen molar-refractivity contribution in [3.63, 3.8) is 0 Å². The zero-order valence-electron chi connectivity index (χ0n) is 12.4. The lowest BCUT2D eigenvalue weighted by molar-refractivity contribution is -0.0238. The van der Waals surface area contributed by atoms with Crippen molar-refractivity contribution in [3.05, 3.63) is 71.5 Å². The van der Waals surface area contributed by atoms with E-state index in [9.17, 15) is 9.50 Å². The van der Waals surface area contributed by atoms with Crippen LogP contribution in [0.1, 0.15) is 23.3 Å². The van der Waals surface area contributed by atoms with Gasteiger partial charge in [0, 0.05) is 13.1 Å². The van der Waals surface area contributed by atoms with Gasteiger partial charge in [0.25, 0.3) is 0 Å². The number of aliphatic hydroxyl groups is 1. The molecule has 22 heavy (non-hydrogen) atoms. The molecule has 0 spiro atoms. The van der Waals surface area contributed by atoms with Crippen LogP contribution >= 0.6 is 0 Å². The summed E-state index contributed by atoms with van der Waals surface area (Å²) >= 11 is 0. The zero-order chi connectivity index (χ0) is 15.4. The molecular formula is C18H20FNO2. The molecule has 0 radical (unpaired) electrons. The van der Waals surface area contributed by atoms with Crippen LogP contribution in [0.2, 0.25) is 0 Å². The highest BCUT2D eigenvalue weighted by molar-refractivity contribution is 5.26. The van der Waals surface area contributed by atoms with E-state index in [0.717, 1.165) is 24.2 Å². The first-order valence-electron chi connectivity index (χ1n) is 7.56. The lowest BCUT2D eigenvalue weighted by atomic mass is 9.94. The van der Waals surface area contributed by atoms with Crippen molar-refractivity contribution in [3.8, 4) is 0 Å². The summed E-state index contributed by atoms with van der Waals surface area (Å²) in [6, 6.07) is 15.9. The second-order valence-corrected chi connectivity index (χ2v) is 5.50. The van der Waals surface area contributed by atoms with Gasteiger partial charge in [0.05, 0.1) is 25.4 Å². The second kappa shape index (κ2) is 7.01. The molecule has 0 aliphatic carbocycles. The van der Waals surface area contributed by atoms with Crippen molar-refractivity contribution >= 4 is 0 Å². The summed E-state index contributed by atoms with van der Waals surface area (Å²) in [6.07, 6.45) is -0.707. The minimum absolute atomic E-state index is 0.157. The van der Waals surface area contributed by atoms with Gasteiger partial charge in [0.15, 0.2) is 0 Å². The van der Waals surface area contributed by atoms with Crippen molar-refractivity contribution in [2.24, 2.45) is 0 Å². The molecule has 2 atom stereocenters. The van der Waals surface area contributed by atoms with Crippen LogP contribution in [0.5, 0.6) is 0 Å². The Labute approximate surface area is 130 Å². The van der Waals surface area contributed by atoms with Crippen LogP contribution in [0.25, 0.3) is 0 Å². The number of ether oxygens (including phenoxy) is 1. The number of halogens is 1. The SMILES string of the molecule is O[C@@H](c1ccc(F)cc1)[C@H](c1ccccc1)N1CCOCC1. The quantitative estimate of drug-likeness (QED) is 0.942. The minimum atomic E-state index is -0.707. The maximum atomic E-state index is 13.1.